The van der Waals surface area contributed by atoms with Crippen LogP contribution in [0.3, 0.4) is 0 Å². The van der Waals surface area contributed by atoms with Gasteiger partial charge in [-0.1, -0.05) is 0 Å². The number of thiophene rings is 1. The van der Waals surface area contributed by atoms with Gasteiger partial charge < -0.3 is 10.4 Å². The summed E-state index contributed by atoms with van der Waals surface area (Å²) in [5.74, 6) is 0.0654. The molecule has 3 N–H and O–H groups in total. The summed E-state index contributed by atoms with van der Waals surface area (Å²) in [6.07, 6.45) is 6.23. The molecule has 10 heteroatoms. The predicted octanol–water partition coefficient (Wildman–Crippen LogP) is 2.42. The van der Waals surface area contributed by atoms with Crippen molar-refractivity contribution in [1.82, 2.24) is 19.9 Å². The third kappa shape index (κ3) is 4.06. The van der Waals surface area contributed by atoms with Crippen molar-refractivity contribution in [3.63, 3.8) is 0 Å². The maximum atomic E-state index is 12.3. The van der Waals surface area contributed by atoms with E-state index >= 15 is 0 Å². The average Bonchev–Trinajstić information content (AvgIpc) is 3.16. The zero-order valence-electron chi connectivity index (χ0n) is 17.1. The average molecular weight is 452 g/mol. The van der Waals surface area contributed by atoms with Gasteiger partial charge in [-0.3, -0.25) is 19.7 Å². The molecule has 1 saturated heterocycles. The van der Waals surface area contributed by atoms with Gasteiger partial charge in [0, 0.05) is 36.3 Å². The van der Waals surface area contributed by atoms with Gasteiger partial charge in [0.2, 0.25) is 5.91 Å². The molecule has 0 unspecified atom stereocenters. The van der Waals surface area contributed by atoms with E-state index in [-0.39, 0.29) is 24.7 Å². The number of anilines is 1. The molecule has 1 aliphatic carbocycles. The van der Waals surface area contributed by atoms with E-state index in [1.54, 1.807) is 22.9 Å². The van der Waals surface area contributed by atoms with Gasteiger partial charge in [0.05, 0.1) is 28.1 Å². The van der Waals surface area contributed by atoms with Gasteiger partial charge in [-0.2, -0.15) is 9.61 Å². The third-order valence-corrected chi connectivity index (χ3v) is 6.50. The molecule has 5 rings (SSSR count). The number of fused-ring (bicyclic) bond motifs is 1. The highest BCUT2D eigenvalue weighted by molar-refractivity contribution is 7.17. The topological polar surface area (TPSA) is 126 Å². The van der Waals surface area contributed by atoms with Crippen molar-refractivity contribution in [3.05, 3.63) is 40.4 Å². The molecular formula is C22H21N5O4S. The van der Waals surface area contributed by atoms with Crippen LogP contribution in [0.2, 0.25) is 0 Å². The van der Waals surface area contributed by atoms with Crippen LogP contribution in [0.5, 0.6) is 0 Å². The minimum Gasteiger partial charge on any atom is -0.396 e. The number of carbonyl (C=O) groups is 3. The number of imide groups is 1. The quantitative estimate of drug-likeness (QED) is 0.273. The lowest BCUT2D eigenvalue weighted by molar-refractivity contribution is -0.124. The van der Waals surface area contributed by atoms with Crippen LogP contribution in [-0.4, -0.2) is 50.0 Å². The number of aliphatic hydroxyl groups excluding tert-OH is 1. The first-order chi connectivity index (χ1) is 15.5. The van der Waals surface area contributed by atoms with Gasteiger partial charge >= 0.3 is 0 Å². The lowest BCUT2D eigenvalue weighted by atomic mass is 10.1. The third-order valence-electron chi connectivity index (χ3n) is 5.35. The summed E-state index contributed by atoms with van der Waals surface area (Å²) in [4.78, 5) is 42.1. The van der Waals surface area contributed by atoms with Crippen LogP contribution in [0, 0.1) is 0 Å². The number of rotatable bonds is 8. The summed E-state index contributed by atoms with van der Waals surface area (Å²) >= 11 is 1.36. The van der Waals surface area contributed by atoms with Crippen LogP contribution in [0.15, 0.2) is 30.0 Å². The first-order valence-electron chi connectivity index (χ1n) is 10.5. The lowest BCUT2D eigenvalue weighted by Crippen LogP contribution is -2.19. The minimum atomic E-state index is -0.397. The Balaban J connectivity index is 1.55. The van der Waals surface area contributed by atoms with E-state index < -0.39 is 5.91 Å². The Hall–Kier alpha value is -3.37. The molecule has 0 bridgehead atoms. The molecule has 3 aromatic rings. The summed E-state index contributed by atoms with van der Waals surface area (Å²) in [5.41, 5.74) is 2.27. The van der Waals surface area contributed by atoms with Crippen molar-refractivity contribution in [2.24, 2.45) is 0 Å². The Labute approximate surface area is 187 Å². The second-order valence-electron chi connectivity index (χ2n) is 7.92. The molecule has 32 heavy (non-hydrogen) atoms. The normalized spacial score (nSPS) is 17.3. The van der Waals surface area contributed by atoms with E-state index in [0.29, 0.717) is 46.2 Å². The number of hydrogen-bond acceptors (Lipinski definition) is 8. The molecule has 0 radical (unpaired) electrons. The molecule has 1 saturated carbocycles. The monoisotopic (exact) mass is 451 g/mol. The van der Waals surface area contributed by atoms with Gasteiger partial charge in [-0.25, -0.2) is 4.98 Å². The highest BCUT2D eigenvalue weighted by Crippen LogP contribution is 2.33. The van der Waals surface area contributed by atoms with Crippen molar-refractivity contribution < 1.29 is 19.5 Å². The SMILES string of the molecule is O=C1C/C(=C\c2cnn3c(NC4CC4)cc(-c4ccc(C(=O)CCCO)s4)nc23)C(=O)N1. The number of nitrogens with one attached hydrogen (secondary N) is 2. The molecular weight excluding hydrogens is 430 g/mol. The summed E-state index contributed by atoms with van der Waals surface area (Å²) in [6, 6.07) is 5.95. The highest BCUT2D eigenvalue weighted by Gasteiger charge is 2.26. The van der Waals surface area contributed by atoms with Crippen LogP contribution in [0.4, 0.5) is 5.82 Å². The molecule has 0 aromatic carbocycles. The minimum absolute atomic E-state index is 0.000560. The number of amides is 2. The van der Waals surface area contributed by atoms with Crippen molar-refractivity contribution in [1.29, 1.82) is 0 Å². The van der Waals surface area contributed by atoms with Crippen molar-refractivity contribution >= 4 is 46.5 Å². The lowest BCUT2D eigenvalue weighted by Gasteiger charge is -2.09. The molecule has 2 aliphatic rings. The summed E-state index contributed by atoms with van der Waals surface area (Å²) < 4.78 is 1.70. The van der Waals surface area contributed by atoms with E-state index in [9.17, 15) is 14.4 Å². The van der Waals surface area contributed by atoms with Gasteiger partial charge in [0.1, 0.15) is 5.82 Å². The smallest absolute Gasteiger partial charge is 0.254 e. The van der Waals surface area contributed by atoms with Crippen molar-refractivity contribution in [2.75, 3.05) is 11.9 Å². The number of ketones is 1. The zero-order valence-corrected chi connectivity index (χ0v) is 17.9. The summed E-state index contributed by atoms with van der Waals surface area (Å²) in [7, 11) is 0. The van der Waals surface area contributed by atoms with Crippen LogP contribution >= 0.6 is 11.3 Å². The molecule has 4 heterocycles. The predicted molar refractivity (Wildman–Crippen MR) is 119 cm³/mol. The molecule has 2 fully saturated rings. The fourth-order valence-corrected chi connectivity index (χ4v) is 4.48. The Morgan fingerprint density at radius 3 is 2.91 bits per heavy atom. The second-order valence-corrected chi connectivity index (χ2v) is 9.00. The van der Waals surface area contributed by atoms with E-state index in [4.69, 9.17) is 10.1 Å². The Morgan fingerprint density at radius 2 is 2.19 bits per heavy atom. The number of aliphatic hydroxyl groups is 1. The molecule has 9 nitrogen and oxygen atoms in total. The molecule has 0 spiro atoms. The fourth-order valence-electron chi connectivity index (χ4n) is 3.54. The molecule has 1 aliphatic heterocycles. The van der Waals surface area contributed by atoms with E-state index in [0.717, 1.165) is 23.5 Å². The Bertz CT molecular complexity index is 1270. The number of Topliss-reactive ketones (excluding diaryl/α,β-unsaturated/α-hetero) is 1. The van der Waals surface area contributed by atoms with E-state index in [1.165, 1.54) is 11.3 Å². The van der Waals surface area contributed by atoms with Crippen molar-refractivity contribution in [3.8, 4) is 10.6 Å². The standard InChI is InChI=1S/C22H21N5O4S/c28-7-1-2-16(29)18-6-5-17(32-18)15-10-19(24-14-3-4-14)27-21(25-15)13(11-23-27)8-12-9-20(30)26-22(12)31/h5-6,8,10-11,14,24,28H,1-4,7,9H2,(H,26,30,31)/b12-8+. The van der Waals surface area contributed by atoms with E-state index in [2.05, 4.69) is 15.7 Å². The maximum absolute atomic E-state index is 12.3. The molecule has 2 amide bonds. The zero-order chi connectivity index (χ0) is 22.2. The second kappa shape index (κ2) is 8.29. The number of aromatic nitrogens is 3. The maximum Gasteiger partial charge on any atom is 0.254 e. The van der Waals surface area contributed by atoms with Crippen LogP contribution in [0.1, 0.15) is 47.3 Å². The number of carbonyl (C=O) groups excluding carboxylic acids is 3. The number of hydrogen-bond donors (Lipinski definition) is 3. The molecule has 0 atom stereocenters. The number of nitrogens with zero attached hydrogens (tertiary/aromatic N) is 3. The summed E-state index contributed by atoms with van der Waals surface area (Å²) in [6.45, 7) is -0.0124. The first kappa shape index (κ1) is 20.5. The van der Waals surface area contributed by atoms with Crippen LogP contribution < -0.4 is 10.6 Å². The van der Waals surface area contributed by atoms with Crippen LogP contribution in [0.25, 0.3) is 22.3 Å². The Kier molecular flexibility index (Phi) is 5.32. The highest BCUT2D eigenvalue weighted by atomic mass is 32.1. The fraction of sp³-hybridized carbons (Fsp3) is 0.318. The largest absolute Gasteiger partial charge is 0.396 e. The molecule has 164 valence electrons. The molecule has 3 aromatic heterocycles. The van der Waals surface area contributed by atoms with E-state index in [1.807, 2.05) is 12.1 Å². The Morgan fingerprint density at radius 1 is 1.34 bits per heavy atom. The summed E-state index contributed by atoms with van der Waals surface area (Å²) in [5, 5.41) is 19.2. The van der Waals surface area contributed by atoms with Crippen molar-refractivity contribution in [2.45, 2.75) is 38.1 Å². The van der Waals surface area contributed by atoms with Gasteiger partial charge in [-0.15, -0.1) is 11.3 Å². The first-order valence-corrected chi connectivity index (χ1v) is 11.3. The van der Waals surface area contributed by atoms with Gasteiger partial charge in [-0.05, 0) is 37.5 Å². The van der Waals surface area contributed by atoms with Gasteiger partial charge in [0.25, 0.3) is 5.91 Å². The van der Waals surface area contributed by atoms with Gasteiger partial charge in [0.15, 0.2) is 11.4 Å². The van der Waals surface area contributed by atoms with Crippen LogP contribution in [-0.2, 0) is 9.59 Å².